The Morgan fingerprint density at radius 1 is 0.941 bits per heavy atom. The van der Waals surface area contributed by atoms with Crippen molar-refractivity contribution in [2.75, 3.05) is 0 Å². The van der Waals surface area contributed by atoms with Crippen LogP contribution in [0.2, 0.25) is 0 Å². The maximum absolute atomic E-state index is 4.72. The lowest BCUT2D eigenvalue weighted by molar-refractivity contribution is 0.375. The van der Waals surface area contributed by atoms with E-state index in [9.17, 15) is 0 Å². The summed E-state index contributed by atoms with van der Waals surface area (Å²) < 4.78 is 0. The fraction of sp³-hybridized carbons (Fsp3) is 0.625. The zero-order chi connectivity index (χ0) is 13.3. The van der Waals surface area contributed by atoms with Gasteiger partial charge in [0.15, 0.2) is 0 Å². The highest BCUT2D eigenvalue weighted by atomic mass is 32.1. The van der Waals surface area contributed by atoms with Crippen molar-refractivity contribution in [1.82, 2.24) is 0 Å². The monoisotopic (exact) mass is 250 g/mol. The first kappa shape index (κ1) is 14.6. The lowest BCUT2D eigenvalue weighted by atomic mass is 9.85. The molecule has 0 radical (unpaired) electrons. The Labute approximate surface area is 112 Å². The maximum atomic E-state index is 4.72. The van der Waals surface area contributed by atoms with E-state index in [1.807, 2.05) is 0 Å². The van der Waals surface area contributed by atoms with Gasteiger partial charge < -0.3 is 0 Å². The molecule has 0 aliphatic rings. The van der Waals surface area contributed by atoms with Crippen LogP contribution < -0.4 is 0 Å². The summed E-state index contributed by atoms with van der Waals surface area (Å²) in [6.07, 6.45) is 1.10. The van der Waals surface area contributed by atoms with Crippen LogP contribution in [-0.4, -0.2) is 0 Å². The standard InChI is InChI=1S/C16H26S/c1-15(2,3)11-14(17)12-7-9-13(10-8-12)16(4,5)6/h7-10,14,17H,11H2,1-6H3/t14-/m1/s1. The Bertz CT molecular complexity index is 349. The Kier molecular flexibility index (Phi) is 4.35. The van der Waals surface area contributed by atoms with Crippen molar-refractivity contribution in [3.8, 4) is 0 Å². The summed E-state index contributed by atoms with van der Waals surface area (Å²) in [6, 6.07) is 8.93. The SMILES string of the molecule is CC(C)(C)C[C@@H](S)c1ccc(C(C)(C)C)cc1. The van der Waals surface area contributed by atoms with Gasteiger partial charge in [-0.2, -0.15) is 12.6 Å². The molecule has 1 rings (SSSR count). The first-order chi connectivity index (χ1) is 7.59. The molecule has 0 fully saturated rings. The largest absolute Gasteiger partial charge is 0.171 e. The van der Waals surface area contributed by atoms with Crippen molar-refractivity contribution >= 4 is 12.6 Å². The molecule has 96 valence electrons. The van der Waals surface area contributed by atoms with Gasteiger partial charge in [-0.05, 0) is 28.4 Å². The van der Waals surface area contributed by atoms with E-state index in [1.54, 1.807) is 0 Å². The minimum atomic E-state index is 0.231. The van der Waals surface area contributed by atoms with E-state index in [-0.39, 0.29) is 5.41 Å². The van der Waals surface area contributed by atoms with E-state index in [0.717, 1.165) is 6.42 Å². The Morgan fingerprint density at radius 3 is 1.76 bits per heavy atom. The van der Waals surface area contributed by atoms with Crippen molar-refractivity contribution in [2.45, 2.75) is 58.6 Å². The number of thiol groups is 1. The van der Waals surface area contributed by atoms with Crippen LogP contribution in [0.15, 0.2) is 24.3 Å². The average Bonchev–Trinajstić information content (AvgIpc) is 2.14. The number of hydrogen-bond donors (Lipinski definition) is 1. The molecule has 1 aromatic carbocycles. The van der Waals surface area contributed by atoms with E-state index in [0.29, 0.717) is 10.7 Å². The van der Waals surface area contributed by atoms with Gasteiger partial charge in [0.25, 0.3) is 0 Å². The van der Waals surface area contributed by atoms with Crippen LogP contribution in [0.25, 0.3) is 0 Å². The lowest BCUT2D eigenvalue weighted by Crippen LogP contribution is -2.12. The molecule has 1 aromatic rings. The number of hydrogen-bond acceptors (Lipinski definition) is 1. The second kappa shape index (κ2) is 5.06. The van der Waals surface area contributed by atoms with Crippen LogP contribution in [0.5, 0.6) is 0 Å². The van der Waals surface area contributed by atoms with E-state index in [1.165, 1.54) is 11.1 Å². The lowest BCUT2D eigenvalue weighted by Gasteiger charge is -2.24. The number of rotatable bonds is 2. The average molecular weight is 250 g/mol. The summed E-state index contributed by atoms with van der Waals surface area (Å²) in [5.74, 6) is 0. The summed E-state index contributed by atoms with van der Waals surface area (Å²) in [5, 5.41) is 0.337. The fourth-order valence-electron chi connectivity index (χ4n) is 1.90. The van der Waals surface area contributed by atoms with Crippen LogP contribution >= 0.6 is 12.6 Å². The van der Waals surface area contributed by atoms with E-state index < -0.39 is 0 Å². The van der Waals surface area contributed by atoms with Crippen LogP contribution in [0.3, 0.4) is 0 Å². The first-order valence-corrected chi connectivity index (χ1v) is 6.90. The Balaban J connectivity index is 2.81. The van der Waals surface area contributed by atoms with Gasteiger partial charge in [0.1, 0.15) is 0 Å². The summed E-state index contributed by atoms with van der Waals surface area (Å²) >= 11 is 4.72. The second-order valence-corrected chi connectivity index (χ2v) is 7.78. The van der Waals surface area contributed by atoms with Gasteiger partial charge in [-0.3, -0.25) is 0 Å². The third-order valence-corrected chi connectivity index (χ3v) is 3.45. The van der Waals surface area contributed by atoms with Crippen LogP contribution in [0.1, 0.15) is 64.3 Å². The minimum Gasteiger partial charge on any atom is -0.171 e. The molecule has 1 atom stereocenters. The normalized spacial score (nSPS) is 14.8. The van der Waals surface area contributed by atoms with Crippen molar-refractivity contribution in [1.29, 1.82) is 0 Å². The zero-order valence-electron chi connectivity index (χ0n) is 12.0. The van der Waals surface area contributed by atoms with E-state index in [4.69, 9.17) is 12.6 Å². The maximum Gasteiger partial charge on any atom is 0.0272 e. The predicted octanol–water partition coefficient (Wildman–Crippen LogP) is 5.39. The molecular formula is C16H26S. The molecule has 0 heterocycles. The summed E-state index contributed by atoms with van der Waals surface area (Å²) in [5.41, 5.74) is 3.28. The topological polar surface area (TPSA) is 0 Å². The Morgan fingerprint density at radius 2 is 1.41 bits per heavy atom. The van der Waals surface area contributed by atoms with E-state index in [2.05, 4.69) is 65.8 Å². The highest BCUT2D eigenvalue weighted by Crippen LogP contribution is 2.34. The molecular weight excluding hydrogens is 224 g/mol. The van der Waals surface area contributed by atoms with Crippen LogP contribution in [0, 0.1) is 5.41 Å². The minimum absolute atomic E-state index is 0.231. The van der Waals surface area contributed by atoms with Crippen molar-refractivity contribution in [3.63, 3.8) is 0 Å². The molecule has 17 heavy (non-hydrogen) atoms. The van der Waals surface area contributed by atoms with Crippen molar-refractivity contribution in [2.24, 2.45) is 5.41 Å². The Hall–Kier alpha value is -0.430. The van der Waals surface area contributed by atoms with Gasteiger partial charge in [0.05, 0.1) is 0 Å². The predicted molar refractivity (Wildman–Crippen MR) is 80.9 cm³/mol. The summed E-state index contributed by atoms with van der Waals surface area (Å²) in [7, 11) is 0. The van der Waals surface area contributed by atoms with E-state index >= 15 is 0 Å². The zero-order valence-corrected chi connectivity index (χ0v) is 12.9. The van der Waals surface area contributed by atoms with Gasteiger partial charge >= 0.3 is 0 Å². The third-order valence-electron chi connectivity index (χ3n) is 2.97. The number of benzene rings is 1. The second-order valence-electron chi connectivity index (χ2n) is 7.15. The van der Waals surface area contributed by atoms with Gasteiger partial charge in [-0.25, -0.2) is 0 Å². The van der Waals surface area contributed by atoms with Crippen LogP contribution in [-0.2, 0) is 5.41 Å². The molecule has 0 bridgehead atoms. The summed E-state index contributed by atoms with van der Waals surface area (Å²) in [6.45, 7) is 13.5. The highest BCUT2D eigenvalue weighted by Gasteiger charge is 2.18. The fourth-order valence-corrected chi connectivity index (χ4v) is 2.62. The molecule has 0 unspecified atom stereocenters. The molecule has 0 spiro atoms. The molecule has 0 aromatic heterocycles. The van der Waals surface area contributed by atoms with Crippen molar-refractivity contribution < 1.29 is 0 Å². The van der Waals surface area contributed by atoms with Gasteiger partial charge in [0.2, 0.25) is 0 Å². The molecule has 0 aliphatic carbocycles. The molecule has 0 saturated heterocycles. The van der Waals surface area contributed by atoms with Gasteiger partial charge in [-0.1, -0.05) is 65.8 Å². The van der Waals surface area contributed by atoms with Gasteiger partial charge in [0, 0.05) is 5.25 Å². The smallest absolute Gasteiger partial charge is 0.0272 e. The molecule has 0 amide bonds. The van der Waals surface area contributed by atoms with Crippen molar-refractivity contribution in [3.05, 3.63) is 35.4 Å². The first-order valence-electron chi connectivity index (χ1n) is 6.38. The molecule has 0 aliphatic heterocycles. The quantitative estimate of drug-likeness (QED) is 0.668. The molecule has 0 saturated carbocycles. The molecule has 0 nitrogen and oxygen atoms in total. The third kappa shape index (κ3) is 4.75. The molecule has 1 heteroatoms. The van der Waals surface area contributed by atoms with Crippen LogP contribution in [0.4, 0.5) is 0 Å². The summed E-state index contributed by atoms with van der Waals surface area (Å²) in [4.78, 5) is 0. The molecule has 0 N–H and O–H groups in total. The highest BCUT2D eigenvalue weighted by molar-refractivity contribution is 7.80. The van der Waals surface area contributed by atoms with Gasteiger partial charge in [-0.15, -0.1) is 0 Å².